The third-order valence-corrected chi connectivity index (χ3v) is 2.84. The summed E-state index contributed by atoms with van der Waals surface area (Å²) < 4.78 is 16.0. The maximum Gasteiger partial charge on any atom is 0.129 e. The molecule has 0 fully saturated rings. The van der Waals surface area contributed by atoms with E-state index in [4.69, 9.17) is 19.9 Å². The van der Waals surface area contributed by atoms with Crippen LogP contribution < -0.4 is 25.3 Å². The lowest BCUT2D eigenvalue weighted by Gasteiger charge is -2.15. The number of benzene rings is 1. The van der Waals surface area contributed by atoms with Gasteiger partial charge in [0, 0.05) is 30.3 Å². The van der Waals surface area contributed by atoms with E-state index in [0.717, 1.165) is 42.3 Å². The van der Waals surface area contributed by atoms with E-state index < -0.39 is 0 Å². The lowest BCUT2D eigenvalue weighted by Crippen LogP contribution is -2.32. The minimum Gasteiger partial charge on any atom is -0.496 e. The largest absolute Gasteiger partial charge is 0.496 e. The van der Waals surface area contributed by atoms with Gasteiger partial charge >= 0.3 is 0 Å². The van der Waals surface area contributed by atoms with Gasteiger partial charge in [-0.15, -0.1) is 0 Å². The Morgan fingerprint density at radius 1 is 1.11 bits per heavy atom. The van der Waals surface area contributed by atoms with Crippen LogP contribution in [-0.4, -0.2) is 40.5 Å². The van der Waals surface area contributed by atoms with Gasteiger partial charge in [0.2, 0.25) is 0 Å². The summed E-state index contributed by atoms with van der Waals surface area (Å²) in [5.74, 6) is 2.28. The van der Waals surface area contributed by atoms with Gasteiger partial charge in [-0.05, 0) is 19.9 Å². The normalized spacial score (nSPS) is 12.1. The molecule has 0 radical (unpaired) electrons. The summed E-state index contributed by atoms with van der Waals surface area (Å²) in [6.07, 6.45) is 0.809. The molecule has 0 saturated heterocycles. The molecule has 0 aliphatic heterocycles. The van der Waals surface area contributed by atoms with Crippen molar-refractivity contribution in [2.75, 3.05) is 34.4 Å². The lowest BCUT2D eigenvalue weighted by atomic mass is 10.1. The Morgan fingerprint density at radius 3 is 2.11 bits per heavy atom. The third-order valence-electron chi connectivity index (χ3n) is 2.84. The van der Waals surface area contributed by atoms with Crippen LogP contribution in [0.1, 0.15) is 12.5 Å². The summed E-state index contributed by atoms with van der Waals surface area (Å²) in [4.78, 5) is 0. The average Bonchev–Trinajstić information content (AvgIpc) is 2.42. The highest BCUT2D eigenvalue weighted by Crippen LogP contribution is 2.34. The number of methoxy groups -OCH3 is 3. The minimum atomic E-state index is 0.152. The molecule has 0 amide bonds. The van der Waals surface area contributed by atoms with Crippen molar-refractivity contribution in [3.63, 3.8) is 0 Å². The molecule has 0 aromatic heterocycles. The number of ether oxygens (including phenoxy) is 3. The van der Waals surface area contributed by atoms with Crippen LogP contribution in [0.3, 0.4) is 0 Å². The van der Waals surface area contributed by atoms with Crippen molar-refractivity contribution in [1.29, 1.82) is 0 Å². The van der Waals surface area contributed by atoms with Crippen LogP contribution in [0.25, 0.3) is 0 Å². The summed E-state index contributed by atoms with van der Waals surface area (Å²) >= 11 is 0. The quantitative estimate of drug-likeness (QED) is 0.693. The van der Waals surface area contributed by atoms with E-state index in [2.05, 4.69) is 5.32 Å². The molecule has 0 heterocycles. The summed E-state index contributed by atoms with van der Waals surface area (Å²) in [6, 6.07) is 3.88. The van der Waals surface area contributed by atoms with Gasteiger partial charge in [-0.1, -0.05) is 0 Å². The zero-order valence-electron chi connectivity index (χ0n) is 12.2. The highest BCUT2D eigenvalue weighted by Gasteiger charge is 2.12. The number of hydrogen-bond donors (Lipinski definition) is 2. The Labute approximate surface area is 115 Å². The van der Waals surface area contributed by atoms with Crippen LogP contribution in [0.2, 0.25) is 0 Å². The van der Waals surface area contributed by atoms with E-state index in [1.165, 1.54) is 0 Å². The van der Waals surface area contributed by atoms with Crippen LogP contribution in [0.5, 0.6) is 17.2 Å². The Bertz CT molecular complexity index is 369. The van der Waals surface area contributed by atoms with Crippen LogP contribution in [0, 0.1) is 0 Å². The first-order valence-corrected chi connectivity index (χ1v) is 6.37. The Morgan fingerprint density at radius 2 is 1.68 bits per heavy atom. The van der Waals surface area contributed by atoms with Crippen LogP contribution >= 0.6 is 0 Å². The molecule has 1 atom stereocenters. The van der Waals surface area contributed by atoms with Gasteiger partial charge in [0.25, 0.3) is 0 Å². The minimum absolute atomic E-state index is 0.152. The molecule has 1 aromatic rings. The Balaban J connectivity index is 2.79. The van der Waals surface area contributed by atoms with Gasteiger partial charge in [0.15, 0.2) is 0 Å². The second-order valence-corrected chi connectivity index (χ2v) is 4.44. The van der Waals surface area contributed by atoms with E-state index in [-0.39, 0.29) is 6.04 Å². The molecular weight excluding hydrogens is 244 g/mol. The zero-order chi connectivity index (χ0) is 14.3. The molecule has 5 nitrogen and oxygen atoms in total. The van der Waals surface area contributed by atoms with E-state index >= 15 is 0 Å². The fourth-order valence-corrected chi connectivity index (χ4v) is 1.87. The summed E-state index contributed by atoms with van der Waals surface area (Å²) in [7, 11) is 4.91. The SMILES string of the molecule is COc1cc(OC)c(CCNCC(C)N)c(OC)c1. The number of rotatable bonds is 8. The standard InChI is InChI=1S/C14H24N2O3/c1-10(15)9-16-6-5-12-13(18-3)7-11(17-2)8-14(12)19-4/h7-8,10,16H,5-6,9,15H2,1-4H3. The van der Waals surface area contributed by atoms with Gasteiger partial charge in [-0.25, -0.2) is 0 Å². The fourth-order valence-electron chi connectivity index (χ4n) is 1.87. The van der Waals surface area contributed by atoms with Crippen molar-refractivity contribution in [2.45, 2.75) is 19.4 Å². The van der Waals surface area contributed by atoms with E-state index in [1.807, 2.05) is 19.1 Å². The Hall–Kier alpha value is -1.46. The van der Waals surface area contributed by atoms with E-state index in [0.29, 0.717) is 0 Å². The molecule has 0 saturated carbocycles. The van der Waals surface area contributed by atoms with E-state index in [9.17, 15) is 0 Å². The van der Waals surface area contributed by atoms with Crippen molar-refractivity contribution in [3.8, 4) is 17.2 Å². The topological polar surface area (TPSA) is 65.7 Å². The second kappa shape index (κ2) is 7.86. The first-order valence-electron chi connectivity index (χ1n) is 6.37. The molecule has 0 bridgehead atoms. The lowest BCUT2D eigenvalue weighted by molar-refractivity contribution is 0.368. The van der Waals surface area contributed by atoms with Crippen molar-refractivity contribution in [3.05, 3.63) is 17.7 Å². The number of hydrogen-bond acceptors (Lipinski definition) is 5. The van der Waals surface area contributed by atoms with Crippen LogP contribution in [0.4, 0.5) is 0 Å². The van der Waals surface area contributed by atoms with Gasteiger partial charge in [-0.3, -0.25) is 0 Å². The molecule has 1 rings (SSSR count). The number of nitrogens with two attached hydrogens (primary N) is 1. The molecule has 0 aliphatic carbocycles. The predicted octanol–water partition coefficient (Wildman–Crippen LogP) is 1.19. The maximum atomic E-state index is 5.69. The molecule has 19 heavy (non-hydrogen) atoms. The van der Waals surface area contributed by atoms with Gasteiger partial charge < -0.3 is 25.3 Å². The molecule has 0 spiro atoms. The highest BCUT2D eigenvalue weighted by molar-refractivity contribution is 5.50. The molecule has 3 N–H and O–H groups in total. The van der Waals surface area contributed by atoms with Gasteiger partial charge in [-0.2, -0.15) is 0 Å². The van der Waals surface area contributed by atoms with E-state index in [1.54, 1.807) is 21.3 Å². The maximum absolute atomic E-state index is 5.69. The average molecular weight is 268 g/mol. The molecule has 108 valence electrons. The molecular formula is C14H24N2O3. The third kappa shape index (κ3) is 4.61. The van der Waals surface area contributed by atoms with Crippen LogP contribution in [0.15, 0.2) is 12.1 Å². The van der Waals surface area contributed by atoms with Crippen molar-refractivity contribution in [1.82, 2.24) is 5.32 Å². The van der Waals surface area contributed by atoms with Gasteiger partial charge in [0.1, 0.15) is 17.2 Å². The van der Waals surface area contributed by atoms with Gasteiger partial charge in [0.05, 0.1) is 21.3 Å². The van der Waals surface area contributed by atoms with Crippen LogP contribution in [-0.2, 0) is 6.42 Å². The Kier molecular flexibility index (Phi) is 6.45. The summed E-state index contributed by atoms with van der Waals surface area (Å²) in [5, 5.41) is 3.30. The monoisotopic (exact) mass is 268 g/mol. The second-order valence-electron chi connectivity index (χ2n) is 4.44. The number of nitrogens with one attached hydrogen (secondary N) is 1. The molecule has 1 aromatic carbocycles. The first kappa shape index (κ1) is 15.6. The summed E-state index contributed by atoms with van der Waals surface area (Å²) in [5.41, 5.74) is 6.72. The highest BCUT2D eigenvalue weighted by atomic mass is 16.5. The summed E-state index contributed by atoms with van der Waals surface area (Å²) in [6.45, 7) is 3.59. The predicted molar refractivity (Wildman–Crippen MR) is 76.3 cm³/mol. The van der Waals surface area contributed by atoms with Crippen molar-refractivity contribution < 1.29 is 14.2 Å². The first-order chi connectivity index (χ1) is 9.12. The van der Waals surface area contributed by atoms with Crippen molar-refractivity contribution >= 4 is 0 Å². The zero-order valence-corrected chi connectivity index (χ0v) is 12.2. The fraction of sp³-hybridized carbons (Fsp3) is 0.571. The van der Waals surface area contributed by atoms with Crippen molar-refractivity contribution in [2.24, 2.45) is 5.73 Å². The smallest absolute Gasteiger partial charge is 0.129 e. The molecule has 0 aliphatic rings. The molecule has 1 unspecified atom stereocenters. The molecule has 5 heteroatoms.